The number of hydrogen-bond acceptors (Lipinski definition) is 4. The maximum atomic E-state index is 12.1. The van der Waals surface area contributed by atoms with E-state index in [-0.39, 0.29) is 0 Å². The molecule has 7 heteroatoms. The van der Waals surface area contributed by atoms with Gasteiger partial charge in [0.15, 0.2) is 0 Å². The van der Waals surface area contributed by atoms with Gasteiger partial charge in [-0.15, -0.1) is 0 Å². The Morgan fingerprint density at radius 1 is 1.50 bits per heavy atom. The number of nitrogen functional groups attached to an aromatic ring is 1. The Bertz CT molecular complexity index is 500. The number of aromatic nitrogens is 1. The minimum atomic E-state index is -3.50. The van der Waals surface area contributed by atoms with Gasteiger partial charge < -0.3 is 5.73 Å². The van der Waals surface area contributed by atoms with E-state index in [1.54, 1.807) is 12.1 Å². The molecule has 3 N–H and O–H groups in total. The molecule has 0 spiro atoms. The van der Waals surface area contributed by atoms with Crippen LogP contribution in [0.2, 0.25) is 0 Å². The average molecular weight is 270 g/mol. The molecule has 1 unspecified atom stereocenters. The topological polar surface area (TPSA) is 88.3 Å². The Kier molecular flexibility index (Phi) is 3.72. The van der Waals surface area contributed by atoms with Crippen LogP contribution in [-0.2, 0) is 10.2 Å². The van der Waals surface area contributed by atoms with Crippen LogP contribution in [0.15, 0.2) is 18.3 Å². The Morgan fingerprint density at radius 2 is 2.28 bits per heavy atom. The van der Waals surface area contributed by atoms with E-state index in [0.717, 1.165) is 12.8 Å². The highest BCUT2D eigenvalue weighted by Crippen LogP contribution is 2.19. The molecule has 1 aromatic rings. The van der Waals surface area contributed by atoms with Gasteiger partial charge in [0.2, 0.25) is 0 Å². The normalized spacial score (nSPS) is 21.7. The second kappa shape index (κ2) is 5.11. The zero-order valence-electron chi connectivity index (χ0n) is 10.3. The summed E-state index contributed by atoms with van der Waals surface area (Å²) in [5.74, 6) is 0.692. The van der Waals surface area contributed by atoms with E-state index < -0.39 is 10.2 Å². The van der Waals surface area contributed by atoms with E-state index in [1.165, 1.54) is 10.5 Å². The number of rotatable bonds is 3. The molecule has 1 aliphatic rings. The van der Waals surface area contributed by atoms with Crippen LogP contribution in [-0.4, -0.2) is 30.8 Å². The molecule has 0 radical (unpaired) electrons. The lowest BCUT2D eigenvalue weighted by atomic mass is 10.0. The quantitative estimate of drug-likeness (QED) is 0.859. The predicted octanol–water partition coefficient (Wildman–Crippen LogP) is 1.05. The zero-order chi connectivity index (χ0) is 13.2. The first kappa shape index (κ1) is 13.1. The summed E-state index contributed by atoms with van der Waals surface area (Å²) in [7, 11) is -3.50. The van der Waals surface area contributed by atoms with Crippen molar-refractivity contribution in [3.63, 3.8) is 0 Å². The van der Waals surface area contributed by atoms with Crippen molar-refractivity contribution in [2.45, 2.75) is 19.8 Å². The molecule has 0 saturated carbocycles. The summed E-state index contributed by atoms with van der Waals surface area (Å²) in [5.41, 5.74) is 6.01. The molecule has 6 nitrogen and oxygen atoms in total. The molecule has 18 heavy (non-hydrogen) atoms. The predicted molar refractivity (Wildman–Crippen MR) is 71.2 cm³/mol. The van der Waals surface area contributed by atoms with Gasteiger partial charge in [-0.25, -0.2) is 4.98 Å². The van der Waals surface area contributed by atoms with Crippen LogP contribution in [0.5, 0.6) is 0 Å². The van der Waals surface area contributed by atoms with E-state index in [0.29, 0.717) is 30.5 Å². The molecule has 1 fully saturated rings. The van der Waals surface area contributed by atoms with Crippen molar-refractivity contribution in [2.24, 2.45) is 5.92 Å². The third-order valence-electron chi connectivity index (χ3n) is 2.98. The highest BCUT2D eigenvalue weighted by Gasteiger charge is 2.27. The highest BCUT2D eigenvalue weighted by molar-refractivity contribution is 7.90. The summed E-state index contributed by atoms with van der Waals surface area (Å²) in [6.07, 6.45) is 3.40. The maximum absolute atomic E-state index is 12.1. The van der Waals surface area contributed by atoms with E-state index >= 15 is 0 Å². The number of nitrogens with zero attached hydrogens (tertiary/aromatic N) is 2. The maximum Gasteiger partial charge on any atom is 0.302 e. The van der Waals surface area contributed by atoms with Gasteiger partial charge in [0.1, 0.15) is 5.82 Å². The third-order valence-corrected chi connectivity index (χ3v) is 4.46. The fraction of sp³-hybridized carbons (Fsp3) is 0.545. The first-order chi connectivity index (χ1) is 8.47. The number of hydrogen-bond donors (Lipinski definition) is 2. The summed E-state index contributed by atoms with van der Waals surface area (Å²) < 4.78 is 28.2. The van der Waals surface area contributed by atoms with Crippen LogP contribution in [0.3, 0.4) is 0 Å². The van der Waals surface area contributed by atoms with Crippen molar-refractivity contribution in [3.8, 4) is 0 Å². The minimum Gasteiger partial charge on any atom is -0.397 e. The number of piperidine rings is 1. The number of nitrogens with two attached hydrogens (primary N) is 1. The Balaban J connectivity index is 2.09. The van der Waals surface area contributed by atoms with Gasteiger partial charge in [-0.05, 0) is 30.9 Å². The lowest BCUT2D eigenvalue weighted by Crippen LogP contribution is -2.42. The SMILES string of the molecule is CC1CCCN(S(=O)(=O)Nc2ccc(N)cn2)C1. The fourth-order valence-corrected chi connectivity index (χ4v) is 3.36. The van der Waals surface area contributed by atoms with Crippen molar-refractivity contribution >= 4 is 21.7 Å². The summed E-state index contributed by atoms with van der Waals surface area (Å²) in [5, 5.41) is 0. The van der Waals surface area contributed by atoms with Crippen molar-refractivity contribution in [3.05, 3.63) is 18.3 Å². The number of nitrogens with one attached hydrogen (secondary N) is 1. The lowest BCUT2D eigenvalue weighted by molar-refractivity contribution is 0.282. The average Bonchev–Trinajstić information content (AvgIpc) is 2.32. The van der Waals surface area contributed by atoms with Crippen LogP contribution in [0.25, 0.3) is 0 Å². The molecular weight excluding hydrogens is 252 g/mol. The lowest BCUT2D eigenvalue weighted by Gasteiger charge is -2.29. The second-order valence-electron chi connectivity index (χ2n) is 4.69. The summed E-state index contributed by atoms with van der Waals surface area (Å²) in [4.78, 5) is 3.94. The van der Waals surface area contributed by atoms with E-state index in [4.69, 9.17) is 5.73 Å². The molecule has 2 rings (SSSR count). The second-order valence-corrected chi connectivity index (χ2v) is 6.36. The van der Waals surface area contributed by atoms with Crippen LogP contribution >= 0.6 is 0 Å². The van der Waals surface area contributed by atoms with Gasteiger partial charge in [-0.3, -0.25) is 4.72 Å². The zero-order valence-corrected chi connectivity index (χ0v) is 11.2. The molecule has 1 aliphatic heterocycles. The van der Waals surface area contributed by atoms with Crippen molar-refractivity contribution in [1.82, 2.24) is 9.29 Å². The van der Waals surface area contributed by atoms with Gasteiger partial charge in [-0.2, -0.15) is 12.7 Å². The molecule has 0 amide bonds. The molecule has 1 saturated heterocycles. The van der Waals surface area contributed by atoms with Gasteiger partial charge in [0.25, 0.3) is 0 Å². The van der Waals surface area contributed by atoms with E-state index in [9.17, 15) is 8.42 Å². The first-order valence-electron chi connectivity index (χ1n) is 5.97. The Labute approximate surface area is 107 Å². The largest absolute Gasteiger partial charge is 0.397 e. The molecule has 0 aliphatic carbocycles. The van der Waals surface area contributed by atoms with E-state index in [1.807, 2.05) is 0 Å². The molecule has 1 aromatic heterocycles. The van der Waals surface area contributed by atoms with Gasteiger partial charge in [0, 0.05) is 13.1 Å². The highest BCUT2D eigenvalue weighted by atomic mass is 32.2. The van der Waals surface area contributed by atoms with Gasteiger partial charge in [-0.1, -0.05) is 6.92 Å². The summed E-state index contributed by atoms with van der Waals surface area (Å²) in [6, 6.07) is 3.17. The van der Waals surface area contributed by atoms with Crippen LogP contribution in [0, 0.1) is 5.92 Å². The third kappa shape index (κ3) is 3.11. The van der Waals surface area contributed by atoms with E-state index in [2.05, 4.69) is 16.6 Å². The summed E-state index contributed by atoms with van der Waals surface area (Å²) >= 11 is 0. The van der Waals surface area contributed by atoms with Crippen LogP contribution < -0.4 is 10.5 Å². The number of anilines is 2. The number of pyridine rings is 1. The van der Waals surface area contributed by atoms with Gasteiger partial charge in [0.05, 0.1) is 11.9 Å². The smallest absolute Gasteiger partial charge is 0.302 e. The summed E-state index contributed by atoms with van der Waals surface area (Å²) in [6.45, 7) is 3.18. The fourth-order valence-electron chi connectivity index (χ4n) is 2.03. The monoisotopic (exact) mass is 270 g/mol. The first-order valence-corrected chi connectivity index (χ1v) is 7.41. The molecule has 2 heterocycles. The molecule has 0 bridgehead atoms. The molecular formula is C11H18N4O2S. The van der Waals surface area contributed by atoms with Crippen molar-refractivity contribution in [2.75, 3.05) is 23.5 Å². The van der Waals surface area contributed by atoms with Crippen LogP contribution in [0.4, 0.5) is 11.5 Å². The van der Waals surface area contributed by atoms with Crippen LogP contribution in [0.1, 0.15) is 19.8 Å². The van der Waals surface area contributed by atoms with Crippen molar-refractivity contribution < 1.29 is 8.42 Å². The van der Waals surface area contributed by atoms with Crippen molar-refractivity contribution in [1.29, 1.82) is 0 Å². The molecule has 0 aromatic carbocycles. The molecule has 1 atom stereocenters. The molecule has 100 valence electrons. The standard InChI is InChI=1S/C11H18N4O2S/c1-9-3-2-6-15(8-9)18(16,17)14-11-5-4-10(12)7-13-11/h4-5,7,9H,2-3,6,8,12H2,1H3,(H,13,14). The Hall–Kier alpha value is -1.34. The Morgan fingerprint density at radius 3 is 2.89 bits per heavy atom. The van der Waals surface area contributed by atoms with Gasteiger partial charge >= 0.3 is 10.2 Å². The minimum absolute atomic E-state index is 0.294.